The molecule has 150 valence electrons. The maximum absolute atomic E-state index is 12.4. The van der Waals surface area contributed by atoms with Gasteiger partial charge in [-0.2, -0.15) is 0 Å². The third-order valence-corrected chi connectivity index (χ3v) is 6.27. The van der Waals surface area contributed by atoms with E-state index < -0.39 is 0 Å². The van der Waals surface area contributed by atoms with E-state index in [1.54, 1.807) is 7.11 Å². The number of rotatable bonds is 7. The molecule has 1 aromatic rings. The summed E-state index contributed by atoms with van der Waals surface area (Å²) in [6.45, 7) is 8.56. The molecule has 0 saturated carbocycles. The summed E-state index contributed by atoms with van der Waals surface area (Å²) in [5, 5.41) is 0. The lowest BCUT2D eigenvalue weighted by Crippen LogP contribution is -2.52. The molecular formula is C22H34N2O3. The molecule has 0 N–H and O–H groups in total. The van der Waals surface area contributed by atoms with E-state index in [0.29, 0.717) is 24.5 Å². The highest BCUT2D eigenvalue weighted by molar-refractivity contribution is 5.77. The first-order valence-corrected chi connectivity index (χ1v) is 10.3. The minimum absolute atomic E-state index is 0.115. The van der Waals surface area contributed by atoms with E-state index in [9.17, 15) is 4.79 Å². The summed E-state index contributed by atoms with van der Waals surface area (Å²) in [6.07, 6.45) is 3.42. The van der Waals surface area contributed by atoms with Crippen LogP contribution in [0.4, 0.5) is 0 Å². The fourth-order valence-corrected chi connectivity index (χ4v) is 4.68. The molecule has 27 heavy (non-hydrogen) atoms. The Balaban J connectivity index is 1.57. The van der Waals surface area contributed by atoms with Gasteiger partial charge in [-0.05, 0) is 42.7 Å². The predicted octanol–water partition coefficient (Wildman–Crippen LogP) is 2.77. The zero-order valence-electron chi connectivity index (χ0n) is 16.9. The second-order valence-electron chi connectivity index (χ2n) is 8.07. The number of nitrogens with zero attached hydrogens (tertiary/aromatic N) is 2. The summed E-state index contributed by atoms with van der Waals surface area (Å²) in [5.74, 6) is 0.711. The number of likely N-dealkylation sites (N-methyl/N-ethyl adjacent to an activating group) is 1. The maximum atomic E-state index is 12.4. The molecule has 0 aliphatic carbocycles. The van der Waals surface area contributed by atoms with Crippen molar-refractivity contribution in [2.75, 3.05) is 59.7 Å². The Kier molecular flexibility index (Phi) is 7.27. The van der Waals surface area contributed by atoms with Gasteiger partial charge in [0, 0.05) is 33.3 Å². The standard InChI is InChI=1S/C22H34N2O3/c1-3-23-16-20(19-7-5-4-6-8-19)15-22(18-23)9-11-24(12-10-22)21(25)17-27-14-13-26-2/h4-8,20H,3,9-18H2,1-2H3/t20-/m0/s1. The van der Waals surface area contributed by atoms with Crippen molar-refractivity contribution in [1.82, 2.24) is 9.80 Å². The average Bonchev–Trinajstić information content (AvgIpc) is 2.72. The van der Waals surface area contributed by atoms with E-state index in [2.05, 4.69) is 42.2 Å². The molecule has 5 nitrogen and oxygen atoms in total. The molecule has 2 aliphatic rings. The SMILES string of the molecule is CCN1C[C@@H](c2ccccc2)CC2(CCN(C(=O)COCCOC)CC2)C1. The molecule has 0 unspecified atom stereocenters. The van der Waals surface area contributed by atoms with Crippen LogP contribution in [-0.4, -0.2) is 75.4 Å². The number of hydrogen-bond donors (Lipinski definition) is 0. The summed E-state index contributed by atoms with van der Waals surface area (Å²) in [5.41, 5.74) is 1.79. The summed E-state index contributed by atoms with van der Waals surface area (Å²) in [4.78, 5) is 17.0. The van der Waals surface area contributed by atoms with Gasteiger partial charge in [-0.3, -0.25) is 4.79 Å². The number of carbonyl (C=O) groups excluding carboxylic acids is 1. The van der Waals surface area contributed by atoms with Crippen LogP contribution in [0.1, 0.15) is 37.7 Å². The average molecular weight is 375 g/mol. The number of piperidine rings is 2. The highest BCUT2D eigenvalue weighted by Crippen LogP contribution is 2.45. The largest absolute Gasteiger partial charge is 0.382 e. The minimum Gasteiger partial charge on any atom is -0.382 e. The smallest absolute Gasteiger partial charge is 0.248 e. The third kappa shape index (κ3) is 5.31. The number of benzene rings is 1. The van der Waals surface area contributed by atoms with Gasteiger partial charge in [0.25, 0.3) is 0 Å². The van der Waals surface area contributed by atoms with Gasteiger partial charge < -0.3 is 19.3 Å². The van der Waals surface area contributed by atoms with Crippen molar-refractivity contribution in [3.8, 4) is 0 Å². The molecule has 2 fully saturated rings. The second-order valence-corrected chi connectivity index (χ2v) is 8.07. The molecule has 5 heteroatoms. The molecule has 1 aromatic carbocycles. The monoisotopic (exact) mass is 374 g/mol. The summed E-state index contributed by atoms with van der Waals surface area (Å²) in [7, 11) is 1.64. The van der Waals surface area contributed by atoms with Crippen molar-refractivity contribution in [1.29, 1.82) is 0 Å². The summed E-state index contributed by atoms with van der Waals surface area (Å²) in [6, 6.07) is 10.9. The number of hydrogen-bond acceptors (Lipinski definition) is 4. The Morgan fingerprint density at radius 2 is 1.93 bits per heavy atom. The van der Waals surface area contributed by atoms with Crippen molar-refractivity contribution >= 4 is 5.91 Å². The van der Waals surface area contributed by atoms with Crippen molar-refractivity contribution in [3.63, 3.8) is 0 Å². The van der Waals surface area contributed by atoms with Crippen LogP contribution in [-0.2, 0) is 14.3 Å². The molecule has 0 radical (unpaired) electrons. The highest BCUT2D eigenvalue weighted by Gasteiger charge is 2.42. The summed E-state index contributed by atoms with van der Waals surface area (Å²) >= 11 is 0. The number of methoxy groups -OCH3 is 1. The van der Waals surface area contributed by atoms with Crippen molar-refractivity contribution in [3.05, 3.63) is 35.9 Å². The van der Waals surface area contributed by atoms with E-state index >= 15 is 0 Å². The van der Waals surface area contributed by atoms with Gasteiger partial charge in [0.15, 0.2) is 0 Å². The first-order valence-electron chi connectivity index (χ1n) is 10.3. The number of amides is 1. The molecule has 0 bridgehead atoms. The first kappa shape index (κ1) is 20.3. The van der Waals surface area contributed by atoms with Crippen molar-refractivity contribution in [2.45, 2.75) is 32.1 Å². The molecule has 2 saturated heterocycles. The molecular weight excluding hydrogens is 340 g/mol. The Hall–Kier alpha value is -1.43. The molecule has 2 aliphatic heterocycles. The van der Waals surface area contributed by atoms with Gasteiger partial charge in [-0.25, -0.2) is 0 Å². The number of carbonyl (C=O) groups is 1. The quantitative estimate of drug-likeness (QED) is 0.688. The van der Waals surface area contributed by atoms with Crippen LogP contribution in [0.15, 0.2) is 30.3 Å². The van der Waals surface area contributed by atoms with Gasteiger partial charge in [0.05, 0.1) is 13.2 Å². The fraction of sp³-hybridized carbons (Fsp3) is 0.682. The Labute approximate surface area is 163 Å². The lowest BCUT2D eigenvalue weighted by Gasteiger charge is -2.50. The third-order valence-electron chi connectivity index (χ3n) is 6.27. The highest BCUT2D eigenvalue weighted by atomic mass is 16.5. The molecule has 0 aromatic heterocycles. The van der Waals surface area contributed by atoms with Gasteiger partial charge in [-0.15, -0.1) is 0 Å². The Bertz CT molecular complexity index is 584. The van der Waals surface area contributed by atoms with Crippen molar-refractivity contribution < 1.29 is 14.3 Å². The van der Waals surface area contributed by atoms with Gasteiger partial charge >= 0.3 is 0 Å². The normalized spacial score (nSPS) is 22.9. The molecule has 3 rings (SSSR count). The summed E-state index contributed by atoms with van der Waals surface area (Å²) < 4.78 is 10.4. The zero-order valence-corrected chi connectivity index (χ0v) is 16.9. The predicted molar refractivity (Wildman–Crippen MR) is 107 cm³/mol. The van der Waals surface area contributed by atoms with E-state index in [4.69, 9.17) is 9.47 Å². The number of likely N-dealkylation sites (tertiary alicyclic amines) is 2. The van der Waals surface area contributed by atoms with Crippen LogP contribution in [0.25, 0.3) is 0 Å². The fourth-order valence-electron chi connectivity index (χ4n) is 4.68. The molecule has 1 spiro atoms. The van der Waals surface area contributed by atoms with E-state index in [-0.39, 0.29) is 12.5 Å². The number of ether oxygens (including phenoxy) is 2. The van der Waals surface area contributed by atoms with Gasteiger partial charge in [0.1, 0.15) is 6.61 Å². The zero-order chi connectivity index (χ0) is 19.1. The van der Waals surface area contributed by atoms with Crippen LogP contribution in [0.3, 0.4) is 0 Å². The Morgan fingerprint density at radius 1 is 1.19 bits per heavy atom. The molecule has 2 heterocycles. The van der Waals surface area contributed by atoms with Crippen molar-refractivity contribution in [2.24, 2.45) is 5.41 Å². The topological polar surface area (TPSA) is 42.0 Å². The van der Waals surface area contributed by atoms with Gasteiger partial charge in [-0.1, -0.05) is 37.3 Å². The van der Waals surface area contributed by atoms with Crippen LogP contribution in [0, 0.1) is 5.41 Å². The van der Waals surface area contributed by atoms with E-state index in [0.717, 1.165) is 39.0 Å². The van der Waals surface area contributed by atoms with Crippen LogP contribution in [0.5, 0.6) is 0 Å². The van der Waals surface area contributed by atoms with E-state index in [1.807, 2.05) is 4.90 Å². The lowest BCUT2D eigenvalue weighted by molar-refractivity contribution is -0.139. The lowest BCUT2D eigenvalue weighted by atomic mass is 9.68. The van der Waals surface area contributed by atoms with Gasteiger partial charge in [0.2, 0.25) is 5.91 Å². The Morgan fingerprint density at radius 3 is 2.59 bits per heavy atom. The van der Waals surface area contributed by atoms with Crippen LogP contribution >= 0.6 is 0 Å². The first-order chi connectivity index (χ1) is 13.2. The van der Waals surface area contributed by atoms with Crippen LogP contribution in [0.2, 0.25) is 0 Å². The minimum atomic E-state index is 0.115. The van der Waals surface area contributed by atoms with E-state index in [1.165, 1.54) is 18.5 Å². The molecule has 1 atom stereocenters. The second kappa shape index (κ2) is 9.67. The molecule has 1 amide bonds. The maximum Gasteiger partial charge on any atom is 0.248 e. The van der Waals surface area contributed by atoms with Crippen LogP contribution < -0.4 is 0 Å².